The maximum Gasteiger partial charge on any atom is 0.242 e. The van der Waals surface area contributed by atoms with Crippen LogP contribution in [0.1, 0.15) is 12.8 Å². The Morgan fingerprint density at radius 1 is 0.925 bits per heavy atom. The molecule has 0 unspecified atom stereocenters. The highest BCUT2D eigenvalue weighted by molar-refractivity contribution is 5.89. The van der Waals surface area contributed by atoms with Gasteiger partial charge < -0.3 is 62.0 Å². The third kappa shape index (κ3) is 12.5. The summed E-state index contributed by atoms with van der Waals surface area (Å²) in [4.78, 5) is 61.4. The molecule has 0 radical (unpaired) electrons. The number of aliphatic hydroxyl groups excluding tert-OH is 5. The molecule has 0 bridgehead atoms. The second kappa shape index (κ2) is 18.4. The predicted octanol–water partition coefficient (Wildman–Crippen LogP) is -7.17. The Morgan fingerprint density at radius 2 is 1.60 bits per heavy atom. The van der Waals surface area contributed by atoms with Crippen LogP contribution in [0.25, 0.3) is 0 Å². The Balaban J connectivity index is 2.60. The molecule has 0 aliphatic carbocycles. The minimum absolute atomic E-state index is 0.0663. The van der Waals surface area contributed by atoms with Crippen molar-refractivity contribution in [2.75, 3.05) is 59.6 Å². The smallest absolute Gasteiger partial charge is 0.242 e. The number of hydrogen-bond acceptors (Lipinski definition) is 13. The minimum atomic E-state index is -1.61. The zero-order valence-corrected chi connectivity index (χ0v) is 22.2. The average molecular weight is 581 g/mol. The number of nitrogens with two attached hydrogens (primary N) is 1. The van der Waals surface area contributed by atoms with Gasteiger partial charge in [0.1, 0.15) is 30.5 Å². The number of primary amides is 1. The van der Waals surface area contributed by atoms with Gasteiger partial charge >= 0.3 is 0 Å². The van der Waals surface area contributed by atoms with Crippen LogP contribution in [0.2, 0.25) is 0 Å². The lowest BCUT2D eigenvalue weighted by molar-refractivity contribution is -0.300. The van der Waals surface area contributed by atoms with Crippen LogP contribution in [0.15, 0.2) is 0 Å². The summed E-state index contributed by atoms with van der Waals surface area (Å²) >= 11 is 0. The van der Waals surface area contributed by atoms with Crippen molar-refractivity contribution in [2.45, 2.75) is 49.6 Å². The minimum Gasteiger partial charge on any atom is -0.395 e. The summed E-state index contributed by atoms with van der Waals surface area (Å²) in [6, 6.07) is -1.19. The third-order valence-corrected chi connectivity index (χ3v) is 5.67. The number of nitrogens with one attached hydrogen (secondary N) is 4. The fourth-order valence-electron chi connectivity index (χ4n) is 3.62. The van der Waals surface area contributed by atoms with E-state index in [1.807, 2.05) is 0 Å². The molecule has 1 fully saturated rings. The van der Waals surface area contributed by atoms with Gasteiger partial charge in [0.25, 0.3) is 0 Å². The molecule has 1 aliphatic heterocycles. The van der Waals surface area contributed by atoms with Crippen molar-refractivity contribution in [1.29, 1.82) is 0 Å². The highest BCUT2D eigenvalue weighted by atomic mass is 16.7. The van der Waals surface area contributed by atoms with E-state index in [2.05, 4.69) is 21.3 Å². The highest BCUT2D eigenvalue weighted by Gasteiger charge is 2.43. The van der Waals surface area contributed by atoms with Crippen molar-refractivity contribution in [3.63, 3.8) is 0 Å². The summed E-state index contributed by atoms with van der Waals surface area (Å²) in [5, 5.41) is 57.4. The van der Waals surface area contributed by atoms with Crippen LogP contribution in [0.4, 0.5) is 0 Å². The summed E-state index contributed by atoms with van der Waals surface area (Å²) in [6.45, 7) is -2.46. The Kier molecular flexibility index (Phi) is 16.1. The SMILES string of the molecule is CNC(=O)CN(CC(N)=O)CC(=O)N[C@@H](CCC(=O)NCCO[C@H]1O[C@H](CO)[C@@H](O)[C@H](O)[C@@H]1O)C(=O)NCCO. The predicted molar refractivity (Wildman–Crippen MR) is 134 cm³/mol. The number of aliphatic hydroxyl groups is 5. The summed E-state index contributed by atoms with van der Waals surface area (Å²) in [6.07, 6.45) is -7.61. The van der Waals surface area contributed by atoms with Gasteiger partial charge in [-0.25, -0.2) is 0 Å². The van der Waals surface area contributed by atoms with Crippen molar-refractivity contribution in [3.8, 4) is 0 Å². The molecular formula is C22H40N6O12. The molecule has 40 heavy (non-hydrogen) atoms. The molecule has 5 amide bonds. The van der Waals surface area contributed by atoms with Crippen molar-refractivity contribution >= 4 is 29.5 Å². The van der Waals surface area contributed by atoms with Gasteiger partial charge in [-0.1, -0.05) is 0 Å². The van der Waals surface area contributed by atoms with Gasteiger partial charge in [0, 0.05) is 26.6 Å². The van der Waals surface area contributed by atoms with E-state index in [0.29, 0.717) is 0 Å². The van der Waals surface area contributed by atoms with Gasteiger partial charge in [0.2, 0.25) is 29.5 Å². The quantitative estimate of drug-likeness (QED) is 0.0675. The molecule has 6 atom stereocenters. The molecular weight excluding hydrogens is 540 g/mol. The number of ether oxygens (including phenoxy) is 2. The molecule has 1 heterocycles. The molecule has 0 aromatic rings. The van der Waals surface area contributed by atoms with E-state index >= 15 is 0 Å². The normalized spacial score (nSPS) is 23.2. The van der Waals surface area contributed by atoms with Crippen molar-refractivity contribution in [2.24, 2.45) is 5.73 Å². The second-order valence-electron chi connectivity index (χ2n) is 8.88. The van der Waals surface area contributed by atoms with Gasteiger partial charge in [-0.05, 0) is 6.42 Å². The number of carbonyl (C=O) groups excluding carboxylic acids is 5. The number of carbonyl (C=O) groups is 5. The van der Waals surface area contributed by atoms with E-state index in [1.165, 1.54) is 11.9 Å². The van der Waals surface area contributed by atoms with Gasteiger partial charge in [0.05, 0.1) is 39.5 Å². The van der Waals surface area contributed by atoms with Crippen LogP contribution in [-0.2, 0) is 33.4 Å². The maximum absolute atomic E-state index is 12.5. The summed E-state index contributed by atoms with van der Waals surface area (Å²) in [5.74, 6) is -3.17. The largest absolute Gasteiger partial charge is 0.395 e. The average Bonchev–Trinajstić information content (AvgIpc) is 2.91. The van der Waals surface area contributed by atoms with Crippen LogP contribution in [0, 0.1) is 0 Å². The van der Waals surface area contributed by atoms with Gasteiger partial charge in [-0.3, -0.25) is 28.9 Å². The lowest BCUT2D eigenvalue weighted by atomic mass is 9.99. The fourth-order valence-corrected chi connectivity index (χ4v) is 3.62. The van der Waals surface area contributed by atoms with E-state index in [1.54, 1.807) is 0 Å². The standard InChI is InChI=1S/C22H40N6O12/c1-24-16(33)9-28(8-14(23)31)10-17(34)27-12(21(38)26-4-6-29)2-3-15(32)25-5-7-39-22-20(37)19(36)18(35)13(11-30)40-22/h12-13,18-20,22,29-30,35-37H,2-11H2,1H3,(H2,23,31)(H,24,33)(H,25,32)(H,26,38)(H,27,34)/t12-,13+,18+,19-,20-,22-/m0/s1. The van der Waals surface area contributed by atoms with Crippen LogP contribution < -0.4 is 27.0 Å². The summed E-state index contributed by atoms with van der Waals surface area (Å²) < 4.78 is 10.5. The molecule has 0 saturated carbocycles. The van der Waals surface area contributed by atoms with E-state index in [0.717, 1.165) is 0 Å². The number of hydrogen-bond donors (Lipinski definition) is 10. The van der Waals surface area contributed by atoms with E-state index < -0.39 is 86.0 Å². The third-order valence-electron chi connectivity index (χ3n) is 5.67. The van der Waals surface area contributed by atoms with Gasteiger partial charge in [-0.2, -0.15) is 0 Å². The second-order valence-corrected chi connectivity index (χ2v) is 8.88. The summed E-state index contributed by atoms with van der Waals surface area (Å²) in [7, 11) is 1.37. The zero-order chi connectivity index (χ0) is 30.2. The number of likely N-dealkylation sites (N-methyl/N-ethyl adjacent to an activating group) is 1. The lowest BCUT2D eigenvalue weighted by Crippen LogP contribution is -2.59. The first-order valence-corrected chi connectivity index (χ1v) is 12.5. The van der Waals surface area contributed by atoms with E-state index in [-0.39, 0.29) is 45.7 Å². The number of amides is 5. The lowest BCUT2D eigenvalue weighted by Gasteiger charge is -2.39. The molecule has 18 heteroatoms. The summed E-state index contributed by atoms with van der Waals surface area (Å²) in [5.41, 5.74) is 5.16. The number of rotatable bonds is 18. The number of nitrogens with zero attached hydrogens (tertiary/aromatic N) is 1. The molecule has 1 aliphatic rings. The Bertz CT molecular complexity index is 847. The Labute approximate surface area is 230 Å². The van der Waals surface area contributed by atoms with Crippen molar-refractivity contribution in [1.82, 2.24) is 26.2 Å². The van der Waals surface area contributed by atoms with E-state index in [4.69, 9.17) is 20.3 Å². The van der Waals surface area contributed by atoms with Crippen LogP contribution >= 0.6 is 0 Å². The Morgan fingerprint density at radius 3 is 2.20 bits per heavy atom. The first-order chi connectivity index (χ1) is 18.9. The van der Waals surface area contributed by atoms with Crippen molar-refractivity contribution in [3.05, 3.63) is 0 Å². The first-order valence-electron chi connectivity index (χ1n) is 12.5. The molecule has 0 aromatic heterocycles. The molecule has 11 N–H and O–H groups in total. The zero-order valence-electron chi connectivity index (χ0n) is 22.2. The first kappa shape index (κ1) is 35.1. The van der Waals surface area contributed by atoms with E-state index in [9.17, 15) is 44.4 Å². The molecule has 1 rings (SSSR count). The highest BCUT2D eigenvalue weighted by Crippen LogP contribution is 2.21. The van der Waals surface area contributed by atoms with Gasteiger partial charge in [-0.15, -0.1) is 0 Å². The fraction of sp³-hybridized carbons (Fsp3) is 0.773. The molecule has 230 valence electrons. The maximum atomic E-state index is 12.5. The van der Waals surface area contributed by atoms with Crippen LogP contribution in [-0.4, -0.2) is 156 Å². The molecule has 0 aromatic carbocycles. The molecule has 18 nitrogen and oxygen atoms in total. The topological polar surface area (TPSA) is 282 Å². The van der Waals surface area contributed by atoms with Gasteiger partial charge in [0.15, 0.2) is 6.29 Å². The molecule has 0 spiro atoms. The Hall–Kier alpha value is -2.97. The van der Waals surface area contributed by atoms with Crippen LogP contribution in [0.5, 0.6) is 0 Å². The monoisotopic (exact) mass is 580 g/mol. The molecule has 1 saturated heterocycles. The van der Waals surface area contributed by atoms with Crippen molar-refractivity contribution < 1.29 is 59.0 Å². The van der Waals surface area contributed by atoms with Crippen LogP contribution in [0.3, 0.4) is 0 Å².